The number of rotatable bonds is 9. The molecule has 1 aliphatic rings. The van der Waals surface area contributed by atoms with Gasteiger partial charge in [0.1, 0.15) is 0 Å². The Morgan fingerprint density at radius 3 is 2.22 bits per heavy atom. The highest BCUT2D eigenvalue weighted by atomic mass is 79.9. The molecular weight excluding hydrogens is 404 g/mol. The van der Waals surface area contributed by atoms with Gasteiger partial charge in [-0.15, -0.1) is 0 Å². The molecule has 0 bridgehead atoms. The van der Waals surface area contributed by atoms with E-state index in [1.54, 1.807) is 0 Å². The maximum absolute atomic E-state index is 13.0. The van der Waals surface area contributed by atoms with Crippen LogP contribution in [0.25, 0.3) is 10.8 Å². The average Bonchev–Trinajstić information content (AvgIpc) is 2.69. The van der Waals surface area contributed by atoms with Gasteiger partial charge in [-0.2, -0.15) is 0 Å². The third kappa shape index (κ3) is 3.75. The molecule has 0 saturated carbocycles. The maximum atomic E-state index is 13.0. The molecule has 1 heterocycles. The van der Waals surface area contributed by atoms with Gasteiger partial charge in [0, 0.05) is 52.6 Å². The SMILES string of the molecule is CCN(CC)c1ccc2c3c(cccc13)C(=O)N(CCCCCCBr)C2=O. The van der Waals surface area contributed by atoms with Crippen LogP contribution < -0.4 is 4.90 Å². The monoisotopic (exact) mass is 430 g/mol. The number of hydrogen-bond donors (Lipinski definition) is 0. The van der Waals surface area contributed by atoms with Gasteiger partial charge in [0.05, 0.1) is 0 Å². The van der Waals surface area contributed by atoms with E-state index in [0.717, 1.165) is 60.6 Å². The van der Waals surface area contributed by atoms with Gasteiger partial charge in [-0.05, 0) is 44.9 Å². The number of halogens is 1. The van der Waals surface area contributed by atoms with Crippen LogP contribution in [-0.4, -0.2) is 41.7 Å². The van der Waals surface area contributed by atoms with E-state index in [4.69, 9.17) is 0 Å². The summed E-state index contributed by atoms with van der Waals surface area (Å²) in [6, 6.07) is 9.72. The first-order valence-electron chi connectivity index (χ1n) is 9.86. The molecule has 3 rings (SSSR count). The van der Waals surface area contributed by atoms with Gasteiger partial charge in [-0.3, -0.25) is 14.5 Å². The second-order valence-electron chi connectivity index (χ2n) is 6.90. The van der Waals surface area contributed by atoms with Gasteiger partial charge in [0.15, 0.2) is 0 Å². The number of hydrogen-bond acceptors (Lipinski definition) is 3. The van der Waals surface area contributed by atoms with Crippen LogP contribution in [0.5, 0.6) is 0 Å². The number of anilines is 1. The fourth-order valence-corrected chi connectivity index (χ4v) is 4.29. The van der Waals surface area contributed by atoms with Crippen molar-refractivity contribution >= 4 is 44.2 Å². The van der Waals surface area contributed by atoms with Crippen molar-refractivity contribution in [3.63, 3.8) is 0 Å². The van der Waals surface area contributed by atoms with E-state index >= 15 is 0 Å². The molecule has 0 aliphatic carbocycles. The van der Waals surface area contributed by atoms with Gasteiger partial charge < -0.3 is 4.90 Å². The molecule has 0 N–H and O–H groups in total. The predicted octanol–water partition coefficient (Wildman–Crippen LogP) is 5.24. The molecule has 27 heavy (non-hydrogen) atoms. The van der Waals surface area contributed by atoms with Crippen LogP contribution in [0.4, 0.5) is 5.69 Å². The number of carbonyl (C=O) groups is 2. The van der Waals surface area contributed by atoms with E-state index in [1.165, 1.54) is 4.90 Å². The van der Waals surface area contributed by atoms with Crippen molar-refractivity contribution in [2.75, 3.05) is 29.9 Å². The highest BCUT2D eigenvalue weighted by Crippen LogP contribution is 2.36. The molecule has 5 heteroatoms. The van der Waals surface area contributed by atoms with E-state index in [9.17, 15) is 9.59 Å². The zero-order chi connectivity index (χ0) is 19.4. The molecular formula is C22H27BrN2O2. The Labute approximate surface area is 169 Å². The van der Waals surface area contributed by atoms with Crippen molar-refractivity contribution in [3.05, 3.63) is 41.5 Å². The first-order valence-corrected chi connectivity index (χ1v) is 11.0. The molecule has 0 radical (unpaired) electrons. The number of alkyl halides is 1. The Hall–Kier alpha value is -1.88. The average molecular weight is 431 g/mol. The van der Waals surface area contributed by atoms with E-state index < -0.39 is 0 Å². The van der Waals surface area contributed by atoms with E-state index in [0.29, 0.717) is 17.7 Å². The number of unbranched alkanes of at least 4 members (excludes halogenated alkanes) is 3. The zero-order valence-electron chi connectivity index (χ0n) is 16.1. The van der Waals surface area contributed by atoms with Crippen molar-refractivity contribution in [2.24, 2.45) is 0 Å². The molecule has 2 amide bonds. The van der Waals surface area contributed by atoms with Gasteiger partial charge in [-0.1, -0.05) is 40.9 Å². The molecule has 0 fully saturated rings. The fourth-order valence-electron chi connectivity index (χ4n) is 3.89. The first-order chi connectivity index (χ1) is 13.1. The third-order valence-electron chi connectivity index (χ3n) is 5.34. The number of benzene rings is 2. The van der Waals surface area contributed by atoms with Crippen molar-refractivity contribution in [2.45, 2.75) is 39.5 Å². The van der Waals surface area contributed by atoms with Crippen LogP contribution in [0, 0.1) is 0 Å². The number of imide groups is 1. The Morgan fingerprint density at radius 1 is 0.889 bits per heavy atom. The van der Waals surface area contributed by atoms with Crippen LogP contribution in [0.3, 0.4) is 0 Å². The molecule has 4 nitrogen and oxygen atoms in total. The lowest BCUT2D eigenvalue weighted by Crippen LogP contribution is -2.41. The second kappa shape index (κ2) is 8.87. The van der Waals surface area contributed by atoms with E-state index in [2.05, 4.69) is 34.7 Å². The minimum atomic E-state index is -0.157. The maximum Gasteiger partial charge on any atom is 0.261 e. The minimum Gasteiger partial charge on any atom is -0.372 e. The molecule has 0 spiro atoms. The normalized spacial score (nSPS) is 13.5. The largest absolute Gasteiger partial charge is 0.372 e. The lowest BCUT2D eigenvalue weighted by molar-refractivity contribution is 0.0608. The Morgan fingerprint density at radius 2 is 1.56 bits per heavy atom. The van der Waals surface area contributed by atoms with Gasteiger partial charge in [-0.25, -0.2) is 0 Å². The van der Waals surface area contributed by atoms with Crippen LogP contribution in [-0.2, 0) is 0 Å². The summed E-state index contributed by atoms with van der Waals surface area (Å²) in [5.41, 5.74) is 2.39. The topological polar surface area (TPSA) is 40.6 Å². The van der Waals surface area contributed by atoms with Crippen molar-refractivity contribution in [1.29, 1.82) is 0 Å². The standard InChI is InChI=1S/C22H27BrN2O2/c1-3-24(4-2)19-13-12-18-20-16(19)10-9-11-17(20)21(26)25(22(18)27)15-8-6-5-7-14-23/h9-13H,3-8,14-15H2,1-2H3. The zero-order valence-corrected chi connectivity index (χ0v) is 17.7. The van der Waals surface area contributed by atoms with Crippen molar-refractivity contribution in [1.82, 2.24) is 4.90 Å². The molecule has 1 aliphatic heterocycles. The van der Waals surface area contributed by atoms with Crippen LogP contribution in [0.15, 0.2) is 30.3 Å². The molecule has 2 aromatic rings. The molecule has 144 valence electrons. The summed E-state index contributed by atoms with van der Waals surface area (Å²) >= 11 is 3.44. The van der Waals surface area contributed by atoms with E-state index in [1.807, 2.05) is 30.3 Å². The van der Waals surface area contributed by atoms with E-state index in [-0.39, 0.29) is 11.8 Å². The molecule has 0 unspecified atom stereocenters. The van der Waals surface area contributed by atoms with Gasteiger partial charge in [0.25, 0.3) is 11.8 Å². The third-order valence-corrected chi connectivity index (χ3v) is 5.90. The summed E-state index contributed by atoms with van der Waals surface area (Å²) in [4.78, 5) is 29.8. The molecule has 0 atom stereocenters. The summed E-state index contributed by atoms with van der Waals surface area (Å²) in [6.45, 7) is 6.50. The smallest absolute Gasteiger partial charge is 0.261 e. The summed E-state index contributed by atoms with van der Waals surface area (Å²) in [5, 5.41) is 2.80. The molecule has 2 aromatic carbocycles. The summed E-state index contributed by atoms with van der Waals surface area (Å²) in [6.07, 6.45) is 4.12. The lowest BCUT2D eigenvalue weighted by Gasteiger charge is -2.30. The molecule has 0 aromatic heterocycles. The summed E-state index contributed by atoms with van der Waals surface area (Å²) in [5.74, 6) is -0.314. The van der Waals surface area contributed by atoms with Crippen molar-refractivity contribution in [3.8, 4) is 0 Å². The summed E-state index contributed by atoms with van der Waals surface area (Å²) in [7, 11) is 0. The summed E-state index contributed by atoms with van der Waals surface area (Å²) < 4.78 is 0. The highest BCUT2D eigenvalue weighted by molar-refractivity contribution is 9.09. The van der Waals surface area contributed by atoms with Gasteiger partial charge in [0.2, 0.25) is 0 Å². The Balaban J connectivity index is 1.95. The Bertz CT molecular complexity index is 823. The second-order valence-corrected chi connectivity index (χ2v) is 7.69. The Kier molecular flexibility index (Phi) is 6.53. The highest BCUT2D eigenvalue weighted by Gasteiger charge is 2.33. The van der Waals surface area contributed by atoms with Crippen LogP contribution in [0.1, 0.15) is 60.2 Å². The fraction of sp³-hybridized carbons (Fsp3) is 0.455. The quantitative estimate of drug-likeness (QED) is 0.310. The number of amides is 2. The predicted molar refractivity (Wildman–Crippen MR) is 115 cm³/mol. The number of carbonyl (C=O) groups excluding carboxylic acids is 2. The lowest BCUT2D eigenvalue weighted by atomic mass is 9.92. The van der Waals surface area contributed by atoms with Gasteiger partial charge >= 0.3 is 0 Å². The first kappa shape index (κ1) is 19.9. The van der Waals surface area contributed by atoms with Crippen LogP contribution >= 0.6 is 15.9 Å². The number of nitrogens with zero attached hydrogens (tertiary/aromatic N) is 2. The van der Waals surface area contributed by atoms with Crippen molar-refractivity contribution < 1.29 is 9.59 Å². The molecule has 0 saturated heterocycles. The minimum absolute atomic E-state index is 0.157. The van der Waals surface area contributed by atoms with Crippen LogP contribution in [0.2, 0.25) is 0 Å².